The zero-order valence-corrected chi connectivity index (χ0v) is 3.87. The van der Waals surface area contributed by atoms with Crippen molar-refractivity contribution in [2.75, 3.05) is 0 Å². The summed E-state index contributed by atoms with van der Waals surface area (Å²) in [6, 6.07) is 0. The lowest BCUT2D eigenvalue weighted by Gasteiger charge is -1.64. The van der Waals surface area contributed by atoms with Gasteiger partial charge in [0, 0.05) is 0 Å². The van der Waals surface area contributed by atoms with Crippen LogP contribution in [0.3, 0.4) is 0 Å². The van der Waals surface area contributed by atoms with Crippen molar-refractivity contribution in [3.63, 3.8) is 0 Å². The standard InChI is InChI=1S/C4H2N2O2/c7-3-5-4-1-6-8-2-4/h1-2H. The van der Waals surface area contributed by atoms with Gasteiger partial charge in [-0.15, -0.1) is 0 Å². The van der Waals surface area contributed by atoms with E-state index in [1.807, 2.05) is 0 Å². The first-order valence-corrected chi connectivity index (χ1v) is 1.91. The molecule has 1 aromatic rings. The second-order valence-electron chi connectivity index (χ2n) is 1.09. The Morgan fingerprint density at radius 1 is 1.88 bits per heavy atom. The van der Waals surface area contributed by atoms with E-state index < -0.39 is 0 Å². The summed E-state index contributed by atoms with van der Waals surface area (Å²) in [6.45, 7) is 0. The lowest BCUT2D eigenvalue weighted by atomic mass is 10.6. The number of isocyanates is 1. The first kappa shape index (κ1) is 4.74. The molecule has 40 valence electrons. The van der Waals surface area contributed by atoms with Gasteiger partial charge in [-0.2, -0.15) is 4.99 Å². The lowest BCUT2D eigenvalue weighted by Crippen LogP contribution is -1.49. The van der Waals surface area contributed by atoms with Gasteiger partial charge in [-0.3, -0.25) is 0 Å². The van der Waals surface area contributed by atoms with Crippen LogP contribution in [0, 0.1) is 0 Å². The number of aliphatic imine (C=N–C) groups is 1. The summed E-state index contributed by atoms with van der Waals surface area (Å²) in [7, 11) is 0. The highest BCUT2D eigenvalue weighted by molar-refractivity contribution is 5.45. The number of hydrogen-bond acceptors (Lipinski definition) is 4. The highest BCUT2D eigenvalue weighted by atomic mass is 16.5. The van der Waals surface area contributed by atoms with Crippen molar-refractivity contribution in [2.24, 2.45) is 4.99 Å². The Morgan fingerprint density at radius 3 is 3.25 bits per heavy atom. The van der Waals surface area contributed by atoms with Gasteiger partial charge in [0.15, 0.2) is 0 Å². The number of rotatable bonds is 1. The fourth-order valence-electron chi connectivity index (χ4n) is 0.307. The third-order valence-electron chi connectivity index (χ3n) is 0.594. The van der Waals surface area contributed by atoms with Gasteiger partial charge in [0.1, 0.15) is 12.0 Å². The summed E-state index contributed by atoms with van der Waals surface area (Å²) >= 11 is 0. The maximum Gasteiger partial charge on any atom is 0.240 e. The number of aromatic nitrogens is 1. The van der Waals surface area contributed by atoms with Gasteiger partial charge >= 0.3 is 0 Å². The molecule has 0 bridgehead atoms. The van der Waals surface area contributed by atoms with E-state index in [4.69, 9.17) is 0 Å². The second-order valence-corrected chi connectivity index (χ2v) is 1.09. The van der Waals surface area contributed by atoms with Gasteiger partial charge in [-0.05, 0) is 0 Å². The molecule has 0 spiro atoms. The minimum Gasteiger partial charge on any atom is -0.362 e. The quantitative estimate of drug-likeness (QED) is 0.393. The van der Waals surface area contributed by atoms with Gasteiger partial charge < -0.3 is 4.52 Å². The molecule has 4 nitrogen and oxygen atoms in total. The maximum absolute atomic E-state index is 9.51. The maximum atomic E-state index is 9.51. The highest BCUT2D eigenvalue weighted by Crippen LogP contribution is 2.05. The molecule has 0 unspecified atom stereocenters. The summed E-state index contributed by atoms with van der Waals surface area (Å²) in [5, 5.41) is 3.29. The van der Waals surface area contributed by atoms with Crippen LogP contribution in [0.25, 0.3) is 0 Å². The first-order valence-electron chi connectivity index (χ1n) is 1.91. The second kappa shape index (κ2) is 2.04. The minimum atomic E-state index is 0.389. The molecule has 0 N–H and O–H groups in total. The van der Waals surface area contributed by atoms with Crippen molar-refractivity contribution >= 4 is 11.8 Å². The molecule has 0 aliphatic rings. The van der Waals surface area contributed by atoms with Gasteiger partial charge in [-0.1, -0.05) is 5.16 Å². The van der Waals surface area contributed by atoms with E-state index in [-0.39, 0.29) is 0 Å². The fourth-order valence-corrected chi connectivity index (χ4v) is 0.307. The molecule has 0 aliphatic carbocycles. The van der Waals surface area contributed by atoms with Crippen LogP contribution >= 0.6 is 0 Å². The van der Waals surface area contributed by atoms with Crippen LogP contribution in [0.1, 0.15) is 0 Å². The Bertz CT molecular complexity index is 198. The van der Waals surface area contributed by atoms with Crippen molar-refractivity contribution in [3.8, 4) is 0 Å². The summed E-state index contributed by atoms with van der Waals surface area (Å²) in [6.07, 6.45) is 3.92. The monoisotopic (exact) mass is 110 g/mol. The Hall–Kier alpha value is -1.41. The summed E-state index contributed by atoms with van der Waals surface area (Å²) < 4.78 is 4.34. The Kier molecular flexibility index (Phi) is 1.21. The SMILES string of the molecule is O=C=Nc1cnoc1. The van der Waals surface area contributed by atoms with Crippen molar-refractivity contribution in [2.45, 2.75) is 0 Å². The van der Waals surface area contributed by atoms with Gasteiger partial charge in [0.05, 0.1) is 6.20 Å². The molecule has 4 heteroatoms. The Labute approximate surface area is 44.8 Å². The van der Waals surface area contributed by atoms with Crippen LogP contribution in [-0.4, -0.2) is 11.2 Å². The third-order valence-corrected chi connectivity index (χ3v) is 0.594. The molecule has 8 heavy (non-hydrogen) atoms. The predicted molar refractivity (Wildman–Crippen MR) is 24.3 cm³/mol. The smallest absolute Gasteiger partial charge is 0.240 e. The average Bonchev–Trinajstić information content (AvgIpc) is 2.19. The van der Waals surface area contributed by atoms with E-state index in [0.29, 0.717) is 5.69 Å². The molecule has 0 aromatic carbocycles. The molecule has 1 heterocycles. The molecule has 0 saturated carbocycles. The predicted octanol–water partition coefficient (Wildman–Crippen LogP) is 0.642. The average molecular weight is 110 g/mol. The van der Waals surface area contributed by atoms with E-state index in [1.165, 1.54) is 18.5 Å². The summed E-state index contributed by atoms with van der Waals surface area (Å²) in [4.78, 5) is 12.7. The van der Waals surface area contributed by atoms with Crippen LogP contribution < -0.4 is 0 Å². The largest absolute Gasteiger partial charge is 0.362 e. The molecule has 0 atom stereocenters. The van der Waals surface area contributed by atoms with E-state index in [0.717, 1.165) is 0 Å². The number of carbonyl (C=O) groups excluding carboxylic acids is 1. The normalized spacial score (nSPS) is 8.00. The van der Waals surface area contributed by atoms with Gasteiger partial charge in [-0.25, -0.2) is 4.79 Å². The molecular formula is C4H2N2O2. The molecule has 1 aromatic heterocycles. The molecular weight excluding hydrogens is 108 g/mol. The van der Waals surface area contributed by atoms with Crippen molar-refractivity contribution in [3.05, 3.63) is 12.5 Å². The van der Waals surface area contributed by atoms with Crippen LogP contribution in [0.2, 0.25) is 0 Å². The van der Waals surface area contributed by atoms with Crippen LogP contribution in [0.4, 0.5) is 5.69 Å². The third kappa shape index (κ3) is 0.802. The lowest BCUT2D eigenvalue weighted by molar-refractivity contribution is 0.420. The Balaban J connectivity index is 2.93. The van der Waals surface area contributed by atoms with E-state index in [9.17, 15) is 4.79 Å². The molecule has 0 radical (unpaired) electrons. The van der Waals surface area contributed by atoms with Crippen molar-refractivity contribution < 1.29 is 9.32 Å². The molecule has 0 fully saturated rings. The van der Waals surface area contributed by atoms with Crippen LogP contribution in [-0.2, 0) is 4.79 Å². The van der Waals surface area contributed by atoms with E-state index >= 15 is 0 Å². The van der Waals surface area contributed by atoms with Crippen molar-refractivity contribution in [1.29, 1.82) is 0 Å². The number of hydrogen-bond donors (Lipinski definition) is 0. The Morgan fingerprint density at radius 2 is 2.75 bits per heavy atom. The molecule has 0 saturated heterocycles. The summed E-state index contributed by atoms with van der Waals surface area (Å²) in [5.41, 5.74) is 0.389. The van der Waals surface area contributed by atoms with E-state index in [2.05, 4.69) is 14.7 Å². The first-order chi connectivity index (χ1) is 3.93. The molecule has 1 rings (SSSR count). The number of nitrogens with zero attached hydrogens (tertiary/aromatic N) is 2. The topological polar surface area (TPSA) is 55.5 Å². The zero-order valence-electron chi connectivity index (χ0n) is 3.87. The minimum absolute atomic E-state index is 0.389. The van der Waals surface area contributed by atoms with Gasteiger partial charge in [0.25, 0.3) is 0 Å². The molecule has 0 aliphatic heterocycles. The van der Waals surface area contributed by atoms with Gasteiger partial charge in [0.2, 0.25) is 6.08 Å². The van der Waals surface area contributed by atoms with Crippen LogP contribution in [0.15, 0.2) is 22.0 Å². The zero-order chi connectivity index (χ0) is 5.82. The highest BCUT2D eigenvalue weighted by Gasteiger charge is 1.86. The molecule has 0 amide bonds. The van der Waals surface area contributed by atoms with Crippen molar-refractivity contribution in [1.82, 2.24) is 5.16 Å². The van der Waals surface area contributed by atoms with E-state index in [1.54, 1.807) is 0 Å². The summed E-state index contributed by atoms with van der Waals surface area (Å²) in [5.74, 6) is 0. The fraction of sp³-hybridized carbons (Fsp3) is 0. The van der Waals surface area contributed by atoms with Crippen LogP contribution in [0.5, 0.6) is 0 Å².